The van der Waals surface area contributed by atoms with Crippen LogP contribution in [0.4, 0.5) is 0 Å². The number of benzene rings is 1. The van der Waals surface area contributed by atoms with Crippen molar-refractivity contribution < 1.29 is 4.74 Å². The standard InChI is InChI=1S/C16H25N3O/c1-20-13-15-4-2-14(3-5-15)12-18-6-8-19(9-7-18)16-10-17-11-16/h2-5,16-17H,6-13H2,1H3. The molecule has 2 heterocycles. The summed E-state index contributed by atoms with van der Waals surface area (Å²) in [4.78, 5) is 5.20. The molecule has 2 aliphatic rings. The molecule has 2 aliphatic heterocycles. The molecule has 0 aromatic heterocycles. The van der Waals surface area contributed by atoms with Crippen LogP contribution in [0.15, 0.2) is 24.3 Å². The number of methoxy groups -OCH3 is 1. The van der Waals surface area contributed by atoms with Gasteiger partial charge in [0, 0.05) is 59.0 Å². The Morgan fingerprint density at radius 2 is 1.70 bits per heavy atom. The lowest BCUT2D eigenvalue weighted by Gasteiger charge is -2.43. The Balaban J connectivity index is 1.46. The molecule has 0 amide bonds. The van der Waals surface area contributed by atoms with Gasteiger partial charge in [-0.2, -0.15) is 0 Å². The van der Waals surface area contributed by atoms with Gasteiger partial charge >= 0.3 is 0 Å². The molecule has 1 aromatic carbocycles. The maximum absolute atomic E-state index is 5.15. The van der Waals surface area contributed by atoms with Gasteiger partial charge in [0.1, 0.15) is 0 Å². The Hall–Kier alpha value is -0.940. The molecule has 0 unspecified atom stereocenters. The molecule has 4 nitrogen and oxygen atoms in total. The van der Waals surface area contributed by atoms with E-state index in [9.17, 15) is 0 Å². The van der Waals surface area contributed by atoms with Crippen molar-refractivity contribution in [3.8, 4) is 0 Å². The second-order valence-corrected chi connectivity index (χ2v) is 5.87. The van der Waals surface area contributed by atoms with E-state index < -0.39 is 0 Å². The van der Waals surface area contributed by atoms with Crippen molar-refractivity contribution >= 4 is 0 Å². The lowest BCUT2D eigenvalue weighted by Crippen LogP contribution is -2.61. The largest absolute Gasteiger partial charge is 0.380 e. The van der Waals surface area contributed by atoms with Gasteiger partial charge in [0.25, 0.3) is 0 Å². The minimum absolute atomic E-state index is 0.703. The van der Waals surface area contributed by atoms with Crippen LogP contribution >= 0.6 is 0 Å². The highest BCUT2D eigenvalue weighted by Crippen LogP contribution is 2.13. The van der Waals surface area contributed by atoms with Crippen molar-refractivity contribution in [2.75, 3.05) is 46.4 Å². The Bertz CT molecular complexity index is 408. The number of nitrogens with one attached hydrogen (secondary N) is 1. The third-order valence-electron chi connectivity index (χ3n) is 4.42. The maximum Gasteiger partial charge on any atom is 0.0713 e. The fourth-order valence-electron chi connectivity index (χ4n) is 2.98. The minimum Gasteiger partial charge on any atom is -0.380 e. The fraction of sp³-hybridized carbons (Fsp3) is 0.625. The van der Waals surface area contributed by atoms with E-state index in [4.69, 9.17) is 4.74 Å². The number of nitrogens with zero attached hydrogens (tertiary/aromatic N) is 2. The first-order valence-electron chi connectivity index (χ1n) is 7.59. The maximum atomic E-state index is 5.15. The zero-order chi connectivity index (χ0) is 13.8. The molecule has 0 aliphatic carbocycles. The van der Waals surface area contributed by atoms with Crippen LogP contribution in [0.1, 0.15) is 11.1 Å². The molecule has 0 atom stereocenters. The lowest BCUT2D eigenvalue weighted by atomic mass is 10.1. The molecule has 4 heteroatoms. The van der Waals surface area contributed by atoms with Crippen molar-refractivity contribution in [1.29, 1.82) is 0 Å². The van der Waals surface area contributed by atoms with Gasteiger partial charge in [0.05, 0.1) is 6.61 Å². The first kappa shape index (κ1) is 14.0. The van der Waals surface area contributed by atoms with Gasteiger partial charge in [-0.15, -0.1) is 0 Å². The normalized spacial score (nSPS) is 21.9. The van der Waals surface area contributed by atoms with E-state index in [0.717, 1.165) is 12.6 Å². The molecule has 2 saturated heterocycles. The molecule has 0 radical (unpaired) electrons. The van der Waals surface area contributed by atoms with Crippen molar-refractivity contribution in [2.24, 2.45) is 0 Å². The summed E-state index contributed by atoms with van der Waals surface area (Å²) in [5, 5.41) is 3.36. The third kappa shape index (κ3) is 3.38. The summed E-state index contributed by atoms with van der Waals surface area (Å²) in [7, 11) is 1.74. The third-order valence-corrected chi connectivity index (χ3v) is 4.42. The van der Waals surface area contributed by atoms with E-state index in [1.807, 2.05) is 0 Å². The second kappa shape index (κ2) is 6.68. The SMILES string of the molecule is COCc1ccc(CN2CCN(C3CNC3)CC2)cc1. The summed E-state index contributed by atoms with van der Waals surface area (Å²) in [6.45, 7) is 8.95. The average Bonchev–Trinajstić information content (AvgIpc) is 2.42. The van der Waals surface area contributed by atoms with E-state index in [-0.39, 0.29) is 0 Å². The molecule has 0 spiro atoms. The fourth-order valence-corrected chi connectivity index (χ4v) is 2.98. The van der Waals surface area contributed by atoms with Crippen LogP contribution in [0, 0.1) is 0 Å². The molecule has 1 N–H and O–H groups in total. The van der Waals surface area contributed by atoms with Crippen LogP contribution in [0.5, 0.6) is 0 Å². The van der Waals surface area contributed by atoms with E-state index in [0.29, 0.717) is 6.61 Å². The van der Waals surface area contributed by atoms with Gasteiger partial charge in [0.15, 0.2) is 0 Å². The van der Waals surface area contributed by atoms with Gasteiger partial charge in [0.2, 0.25) is 0 Å². The van der Waals surface area contributed by atoms with E-state index >= 15 is 0 Å². The number of ether oxygens (including phenoxy) is 1. The quantitative estimate of drug-likeness (QED) is 0.865. The van der Waals surface area contributed by atoms with Gasteiger partial charge in [-0.25, -0.2) is 0 Å². The summed E-state index contributed by atoms with van der Waals surface area (Å²) in [5.74, 6) is 0. The summed E-state index contributed by atoms with van der Waals surface area (Å²) < 4.78 is 5.15. The van der Waals surface area contributed by atoms with Gasteiger partial charge in [-0.1, -0.05) is 24.3 Å². The molecular weight excluding hydrogens is 250 g/mol. The first-order chi connectivity index (χ1) is 9.85. The van der Waals surface area contributed by atoms with E-state index in [1.54, 1.807) is 7.11 Å². The topological polar surface area (TPSA) is 27.7 Å². The Morgan fingerprint density at radius 1 is 1.05 bits per heavy atom. The monoisotopic (exact) mass is 275 g/mol. The predicted molar refractivity (Wildman–Crippen MR) is 80.7 cm³/mol. The Labute approximate surface area is 121 Å². The molecule has 3 rings (SSSR count). The van der Waals surface area contributed by atoms with Crippen molar-refractivity contribution in [3.63, 3.8) is 0 Å². The summed E-state index contributed by atoms with van der Waals surface area (Å²) >= 11 is 0. The van der Waals surface area contributed by atoms with Crippen molar-refractivity contribution in [1.82, 2.24) is 15.1 Å². The lowest BCUT2D eigenvalue weighted by molar-refractivity contribution is 0.0695. The Kier molecular flexibility index (Phi) is 4.68. The smallest absolute Gasteiger partial charge is 0.0713 e. The second-order valence-electron chi connectivity index (χ2n) is 5.87. The first-order valence-corrected chi connectivity index (χ1v) is 7.59. The summed E-state index contributed by atoms with van der Waals surface area (Å²) in [6.07, 6.45) is 0. The highest BCUT2D eigenvalue weighted by atomic mass is 16.5. The predicted octanol–water partition coefficient (Wildman–Crippen LogP) is 0.922. The van der Waals surface area contributed by atoms with Crippen molar-refractivity contribution in [3.05, 3.63) is 35.4 Å². The van der Waals surface area contributed by atoms with Crippen LogP contribution in [0.25, 0.3) is 0 Å². The molecule has 0 bridgehead atoms. The zero-order valence-electron chi connectivity index (χ0n) is 12.3. The van der Waals surface area contributed by atoms with Crippen LogP contribution in [-0.4, -0.2) is 62.2 Å². The number of hydrogen-bond acceptors (Lipinski definition) is 4. The zero-order valence-corrected chi connectivity index (χ0v) is 12.3. The van der Waals surface area contributed by atoms with E-state index in [2.05, 4.69) is 39.4 Å². The van der Waals surface area contributed by atoms with Gasteiger partial charge < -0.3 is 10.1 Å². The van der Waals surface area contributed by atoms with Crippen LogP contribution < -0.4 is 5.32 Å². The summed E-state index contributed by atoms with van der Waals surface area (Å²) in [5.41, 5.74) is 2.65. The van der Waals surface area contributed by atoms with E-state index in [1.165, 1.54) is 50.4 Å². The minimum atomic E-state index is 0.703. The molecule has 110 valence electrons. The number of hydrogen-bond donors (Lipinski definition) is 1. The Morgan fingerprint density at radius 3 is 2.25 bits per heavy atom. The molecular formula is C16H25N3O. The van der Waals surface area contributed by atoms with Crippen LogP contribution in [0.3, 0.4) is 0 Å². The highest BCUT2D eigenvalue weighted by Gasteiger charge is 2.27. The average molecular weight is 275 g/mol. The molecule has 20 heavy (non-hydrogen) atoms. The number of rotatable bonds is 5. The number of piperazine rings is 1. The molecule has 0 saturated carbocycles. The molecule has 2 fully saturated rings. The van der Waals surface area contributed by atoms with Crippen LogP contribution in [-0.2, 0) is 17.9 Å². The van der Waals surface area contributed by atoms with Gasteiger partial charge in [-0.05, 0) is 11.1 Å². The van der Waals surface area contributed by atoms with Gasteiger partial charge in [-0.3, -0.25) is 9.80 Å². The highest BCUT2D eigenvalue weighted by molar-refractivity contribution is 5.22. The van der Waals surface area contributed by atoms with Crippen LogP contribution in [0.2, 0.25) is 0 Å². The molecule has 1 aromatic rings. The van der Waals surface area contributed by atoms with Crippen molar-refractivity contribution in [2.45, 2.75) is 19.2 Å². The summed E-state index contributed by atoms with van der Waals surface area (Å²) in [6, 6.07) is 9.61.